The lowest BCUT2D eigenvalue weighted by Crippen LogP contribution is -2.41. The second-order valence-electron chi connectivity index (χ2n) is 3.70. The largest absolute Gasteiger partial charge is 0.394 e. The Labute approximate surface area is 88.4 Å². The number of hydrogen-bond donors (Lipinski definition) is 2. The molecule has 0 aromatic rings. The van der Waals surface area contributed by atoms with Crippen LogP contribution in [0.5, 0.6) is 0 Å². The fourth-order valence-electron chi connectivity index (χ4n) is 1.62. The van der Waals surface area contributed by atoms with Gasteiger partial charge in [-0.05, 0) is 6.42 Å². The van der Waals surface area contributed by atoms with Crippen LogP contribution in [0.25, 0.3) is 0 Å². The zero-order chi connectivity index (χ0) is 11.5. The first-order chi connectivity index (χ1) is 6.98. The molecule has 7 heteroatoms. The highest BCUT2D eigenvalue weighted by Crippen LogP contribution is 2.16. The van der Waals surface area contributed by atoms with Crippen LogP contribution in [0.2, 0.25) is 0 Å². The van der Waals surface area contributed by atoms with Crippen molar-refractivity contribution in [2.45, 2.75) is 18.6 Å². The van der Waals surface area contributed by atoms with Gasteiger partial charge in [0.2, 0.25) is 6.41 Å². The van der Waals surface area contributed by atoms with Crippen LogP contribution < -0.4 is 0 Å². The molecule has 0 aromatic carbocycles. The maximum absolute atomic E-state index is 11.2. The van der Waals surface area contributed by atoms with Crippen molar-refractivity contribution in [1.29, 1.82) is 0 Å². The van der Waals surface area contributed by atoms with E-state index >= 15 is 0 Å². The maximum atomic E-state index is 11.2. The van der Waals surface area contributed by atoms with Gasteiger partial charge in [0, 0.05) is 12.6 Å². The van der Waals surface area contributed by atoms with E-state index in [1.54, 1.807) is 0 Å². The summed E-state index contributed by atoms with van der Waals surface area (Å²) in [6, 6.07) is -0.367. The van der Waals surface area contributed by atoms with Crippen LogP contribution >= 0.6 is 0 Å². The minimum Gasteiger partial charge on any atom is -0.394 e. The van der Waals surface area contributed by atoms with Crippen LogP contribution in [-0.4, -0.2) is 66.7 Å². The highest BCUT2D eigenvalue weighted by Gasteiger charge is 2.32. The van der Waals surface area contributed by atoms with E-state index in [1.807, 2.05) is 0 Å². The number of carbonyl (C=O) groups is 1. The SMILES string of the molecule is O=CN(C[C@H](O)CO)[C@@H]1CCS(=O)(=O)C1. The summed E-state index contributed by atoms with van der Waals surface area (Å²) in [5, 5.41) is 17.8. The summed E-state index contributed by atoms with van der Waals surface area (Å²) in [7, 11) is -3.04. The van der Waals surface area contributed by atoms with Crippen LogP contribution in [0.15, 0.2) is 0 Å². The molecule has 0 radical (unpaired) electrons. The van der Waals surface area contributed by atoms with Gasteiger partial charge in [-0.2, -0.15) is 0 Å². The zero-order valence-corrected chi connectivity index (χ0v) is 9.06. The van der Waals surface area contributed by atoms with Crippen LogP contribution in [0.1, 0.15) is 6.42 Å². The van der Waals surface area contributed by atoms with Crippen molar-refractivity contribution in [2.75, 3.05) is 24.7 Å². The Morgan fingerprint density at radius 3 is 2.60 bits per heavy atom. The molecular weight excluding hydrogens is 222 g/mol. The number of carbonyl (C=O) groups excluding carboxylic acids is 1. The number of sulfone groups is 1. The van der Waals surface area contributed by atoms with Crippen LogP contribution in [0.4, 0.5) is 0 Å². The molecule has 88 valence electrons. The van der Waals surface area contributed by atoms with Gasteiger partial charge in [-0.25, -0.2) is 8.42 Å². The Morgan fingerprint density at radius 1 is 1.53 bits per heavy atom. The lowest BCUT2D eigenvalue weighted by Gasteiger charge is -2.25. The first kappa shape index (κ1) is 12.4. The topological polar surface area (TPSA) is 94.9 Å². The number of aliphatic hydroxyl groups is 2. The summed E-state index contributed by atoms with van der Waals surface area (Å²) in [6.45, 7) is -0.468. The molecule has 6 nitrogen and oxygen atoms in total. The summed E-state index contributed by atoms with van der Waals surface area (Å²) in [5.41, 5.74) is 0. The van der Waals surface area contributed by atoms with Gasteiger partial charge in [0.05, 0.1) is 24.2 Å². The highest BCUT2D eigenvalue weighted by molar-refractivity contribution is 7.91. The molecule has 1 fully saturated rings. The second-order valence-corrected chi connectivity index (χ2v) is 5.92. The maximum Gasteiger partial charge on any atom is 0.210 e. The van der Waals surface area contributed by atoms with Crippen molar-refractivity contribution in [3.8, 4) is 0 Å². The normalized spacial score (nSPS) is 26.1. The fourth-order valence-corrected chi connectivity index (χ4v) is 3.36. The van der Waals surface area contributed by atoms with Crippen LogP contribution in [0, 0.1) is 0 Å². The van der Waals surface area contributed by atoms with E-state index in [1.165, 1.54) is 4.90 Å². The molecule has 1 heterocycles. The van der Waals surface area contributed by atoms with E-state index in [0.717, 1.165) is 0 Å². The molecule has 1 aliphatic heterocycles. The van der Waals surface area contributed by atoms with E-state index in [4.69, 9.17) is 10.2 Å². The second kappa shape index (κ2) is 4.91. The number of rotatable bonds is 5. The Balaban J connectivity index is 2.57. The quantitative estimate of drug-likeness (QED) is 0.538. The van der Waals surface area contributed by atoms with Crippen LogP contribution in [0.3, 0.4) is 0 Å². The Hall–Kier alpha value is -0.660. The average Bonchev–Trinajstić information content (AvgIpc) is 2.54. The third kappa shape index (κ3) is 3.44. The average molecular weight is 237 g/mol. The lowest BCUT2D eigenvalue weighted by molar-refractivity contribution is -0.121. The number of hydrogen-bond acceptors (Lipinski definition) is 5. The Kier molecular flexibility index (Phi) is 4.06. The summed E-state index contributed by atoms with van der Waals surface area (Å²) in [6.07, 6.45) is -0.0950. The molecule has 0 spiro atoms. The number of aliphatic hydroxyl groups excluding tert-OH is 2. The van der Waals surface area contributed by atoms with E-state index in [9.17, 15) is 13.2 Å². The van der Waals surface area contributed by atoms with Gasteiger partial charge in [-0.3, -0.25) is 4.79 Å². The third-order valence-corrected chi connectivity index (χ3v) is 4.20. The van der Waals surface area contributed by atoms with E-state index < -0.39 is 22.5 Å². The minimum absolute atomic E-state index is 0.0276. The molecule has 0 unspecified atom stereocenters. The number of amides is 1. The summed E-state index contributed by atoms with van der Waals surface area (Å²) in [5.74, 6) is 0.0289. The standard InChI is InChI=1S/C8H15NO5S/c10-4-8(12)3-9(6-11)7-1-2-15(13,14)5-7/h6-8,10,12H,1-5H2/t7-,8+/m1/s1. The summed E-state index contributed by atoms with van der Waals surface area (Å²) < 4.78 is 22.3. The first-order valence-corrected chi connectivity index (χ1v) is 6.51. The molecule has 1 aliphatic rings. The van der Waals surface area contributed by atoms with Crippen molar-refractivity contribution >= 4 is 16.2 Å². The molecule has 2 N–H and O–H groups in total. The van der Waals surface area contributed by atoms with Crippen molar-refractivity contribution in [2.24, 2.45) is 0 Å². The molecular formula is C8H15NO5S. The van der Waals surface area contributed by atoms with E-state index in [-0.39, 0.29) is 24.1 Å². The van der Waals surface area contributed by atoms with E-state index in [0.29, 0.717) is 12.8 Å². The minimum atomic E-state index is -3.04. The molecule has 1 amide bonds. The van der Waals surface area contributed by atoms with Gasteiger partial charge in [0.25, 0.3) is 0 Å². The monoisotopic (exact) mass is 237 g/mol. The Morgan fingerprint density at radius 2 is 2.20 bits per heavy atom. The van der Waals surface area contributed by atoms with Crippen LogP contribution in [-0.2, 0) is 14.6 Å². The third-order valence-electron chi connectivity index (χ3n) is 2.45. The van der Waals surface area contributed by atoms with Gasteiger partial charge < -0.3 is 15.1 Å². The molecule has 0 bridgehead atoms. The van der Waals surface area contributed by atoms with Crippen molar-refractivity contribution in [3.63, 3.8) is 0 Å². The summed E-state index contributed by atoms with van der Waals surface area (Å²) >= 11 is 0. The smallest absolute Gasteiger partial charge is 0.210 e. The predicted molar refractivity (Wildman–Crippen MR) is 52.9 cm³/mol. The summed E-state index contributed by atoms with van der Waals surface area (Å²) in [4.78, 5) is 11.9. The molecule has 2 atom stereocenters. The first-order valence-electron chi connectivity index (χ1n) is 4.69. The number of nitrogens with zero attached hydrogens (tertiary/aromatic N) is 1. The Bertz CT molecular complexity index is 315. The molecule has 15 heavy (non-hydrogen) atoms. The van der Waals surface area contributed by atoms with Crippen molar-refractivity contribution < 1.29 is 23.4 Å². The van der Waals surface area contributed by atoms with Gasteiger partial charge >= 0.3 is 0 Å². The van der Waals surface area contributed by atoms with Gasteiger partial charge in [0.1, 0.15) is 0 Å². The molecule has 0 saturated carbocycles. The molecule has 0 aliphatic carbocycles. The van der Waals surface area contributed by atoms with E-state index in [2.05, 4.69) is 0 Å². The van der Waals surface area contributed by atoms with Gasteiger partial charge in [-0.15, -0.1) is 0 Å². The van der Waals surface area contributed by atoms with Gasteiger partial charge in [0.15, 0.2) is 9.84 Å². The fraction of sp³-hybridized carbons (Fsp3) is 0.875. The van der Waals surface area contributed by atoms with Crippen molar-refractivity contribution in [3.05, 3.63) is 0 Å². The lowest BCUT2D eigenvalue weighted by atomic mass is 10.2. The van der Waals surface area contributed by atoms with Gasteiger partial charge in [-0.1, -0.05) is 0 Å². The zero-order valence-electron chi connectivity index (χ0n) is 8.24. The highest BCUT2D eigenvalue weighted by atomic mass is 32.2. The molecule has 0 aromatic heterocycles. The predicted octanol–water partition coefficient (Wildman–Crippen LogP) is -2.01. The van der Waals surface area contributed by atoms with Crippen molar-refractivity contribution in [1.82, 2.24) is 4.90 Å². The molecule has 1 rings (SSSR count). The molecule has 1 saturated heterocycles.